The van der Waals surface area contributed by atoms with E-state index in [0.29, 0.717) is 43.3 Å². The molecule has 1 aromatic carbocycles. The van der Waals surface area contributed by atoms with Crippen molar-refractivity contribution >= 4 is 52.8 Å². The van der Waals surface area contributed by atoms with Crippen molar-refractivity contribution < 1.29 is 9.15 Å². The van der Waals surface area contributed by atoms with E-state index >= 15 is 0 Å². The van der Waals surface area contributed by atoms with E-state index in [4.69, 9.17) is 44.0 Å². The highest BCUT2D eigenvalue weighted by Crippen LogP contribution is 2.36. The van der Waals surface area contributed by atoms with Crippen molar-refractivity contribution in [2.75, 3.05) is 6.26 Å². The summed E-state index contributed by atoms with van der Waals surface area (Å²) in [5.41, 5.74) is 0. The van der Waals surface area contributed by atoms with Crippen LogP contribution in [0.4, 0.5) is 0 Å². The van der Waals surface area contributed by atoms with Gasteiger partial charge >= 0.3 is 0 Å². The van der Waals surface area contributed by atoms with Crippen molar-refractivity contribution in [1.29, 1.82) is 0 Å². The average Bonchev–Trinajstić information content (AvgIpc) is 3.18. The smallest absolute Gasteiger partial charge is 0.211 e. The van der Waals surface area contributed by atoms with Gasteiger partial charge in [0.25, 0.3) is 0 Å². The van der Waals surface area contributed by atoms with Crippen LogP contribution in [0.25, 0.3) is 0 Å². The number of nitrogens with zero attached hydrogens (tertiary/aromatic N) is 4. The van der Waals surface area contributed by atoms with Crippen LogP contribution in [0, 0.1) is 6.92 Å². The second kappa shape index (κ2) is 8.35. The Balaban J connectivity index is 1.69. The third-order valence-electron chi connectivity index (χ3n) is 3.26. The van der Waals surface area contributed by atoms with E-state index in [1.165, 1.54) is 11.8 Å². The predicted octanol–water partition coefficient (Wildman–Crippen LogP) is 5.32. The van der Waals surface area contributed by atoms with Gasteiger partial charge in [-0.25, -0.2) is 0 Å². The Hall–Kier alpha value is -1.67. The van der Waals surface area contributed by atoms with Crippen LogP contribution in [0.15, 0.2) is 38.9 Å². The fourth-order valence-electron chi connectivity index (χ4n) is 2.06. The van der Waals surface area contributed by atoms with E-state index in [1.54, 1.807) is 35.2 Å². The molecule has 2 aromatic heterocycles. The highest BCUT2D eigenvalue weighted by molar-refractivity contribution is 7.98. The van der Waals surface area contributed by atoms with Crippen LogP contribution in [-0.2, 0) is 6.61 Å². The molecule has 6 nitrogen and oxygen atoms in total. The van der Waals surface area contributed by atoms with Crippen molar-refractivity contribution in [2.24, 2.45) is 5.10 Å². The lowest BCUT2D eigenvalue weighted by atomic mass is 10.3. The first-order valence-electron chi connectivity index (χ1n) is 7.34. The fourth-order valence-corrected chi connectivity index (χ4v) is 3.47. The standard InChI is InChI=1S/C16H13Cl3N4O2S/c1-9-21-22-16(26-2)23(9)20-7-11-3-4-12(25-11)8-24-15-13(18)5-10(17)6-14(15)19/h3-7H,8H2,1-2H3/b20-7+. The second-order valence-corrected chi connectivity index (χ2v) is 7.11. The lowest BCUT2D eigenvalue weighted by molar-refractivity contribution is 0.270. The average molecular weight is 432 g/mol. The van der Waals surface area contributed by atoms with E-state index in [9.17, 15) is 0 Å². The van der Waals surface area contributed by atoms with Gasteiger partial charge in [-0.1, -0.05) is 46.6 Å². The Morgan fingerprint density at radius 1 is 1.23 bits per heavy atom. The molecular formula is C16H13Cl3N4O2S. The molecule has 3 aromatic rings. The normalized spacial score (nSPS) is 11.4. The minimum absolute atomic E-state index is 0.163. The second-order valence-electron chi connectivity index (χ2n) is 5.08. The first-order valence-corrected chi connectivity index (χ1v) is 9.70. The summed E-state index contributed by atoms with van der Waals surface area (Å²) in [6, 6.07) is 6.70. The fraction of sp³-hybridized carbons (Fsp3) is 0.188. The summed E-state index contributed by atoms with van der Waals surface area (Å²) in [7, 11) is 0. The summed E-state index contributed by atoms with van der Waals surface area (Å²) in [6.45, 7) is 1.99. The van der Waals surface area contributed by atoms with Gasteiger partial charge in [-0.15, -0.1) is 10.2 Å². The van der Waals surface area contributed by atoms with Crippen LogP contribution in [0.3, 0.4) is 0 Å². The van der Waals surface area contributed by atoms with Crippen molar-refractivity contribution in [1.82, 2.24) is 14.9 Å². The molecule has 0 spiro atoms. The van der Waals surface area contributed by atoms with Gasteiger partial charge in [0.15, 0.2) is 11.6 Å². The van der Waals surface area contributed by atoms with Crippen LogP contribution in [-0.4, -0.2) is 27.3 Å². The molecule has 3 rings (SSSR count). The van der Waals surface area contributed by atoms with Gasteiger partial charge in [0.1, 0.15) is 18.1 Å². The van der Waals surface area contributed by atoms with Gasteiger partial charge in [0, 0.05) is 5.02 Å². The number of halogens is 3. The van der Waals surface area contributed by atoms with Gasteiger partial charge in [-0.05, 0) is 37.4 Å². The van der Waals surface area contributed by atoms with Crippen LogP contribution < -0.4 is 4.74 Å². The molecule has 0 radical (unpaired) electrons. The number of benzene rings is 1. The maximum absolute atomic E-state index is 6.09. The molecule has 0 saturated heterocycles. The minimum Gasteiger partial charge on any atom is -0.483 e. The lowest BCUT2D eigenvalue weighted by Gasteiger charge is -2.08. The number of hydrogen-bond donors (Lipinski definition) is 0. The van der Waals surface area contributed by atoms with Gasteiger partial charge in [0.2, 0.25) is 5.16 Å². The number of ether oxygens (including phenoxy) is 1. The number of aryl methyl sites for hydroxylation is 1. The molecule has 10 heteroatoms. The summed E-state index contributed by atoms with van der Waals surface area (Å²) in [5.74, 6) is 2.21. The van der Waals surface area contributed by atoms with Crippen molar-refractivity contribution in [3.63, 3.8) is 0 Å². The predicted molar refractivity (Wildman–Crippen MR) is 104 cm³/mol. The Morgan fingerprint density at radius 3 is 2.65 bits per heavy atom. The first kappa shape index (κ1) is 19.1. The Morgan fingerprint density at radius 2 is 1.96 bits per heavy atom. The molecule has 0 atom stereocenters. The number of aromatic nitrogens is 3. The van der Waals surface area contributed by atoms with Crippen LogP contribution in [0.1, 0.15) is 17.3 Å². The Labute approximate surface area is 169 Å². The molecule has 0 amide bonds. The molecule has 0 N–H and O–H groups in total. The summed E-state index contributed by atoms with van der Waals surface area (Å²) in [6.07, 6.45) is 3.49. The van der Waals surface area contributed by atoms with Gasteiger partial charge in [0.05, 0.1) is 16.3 Å². The van der Waals surface area contributed by atoms with Crippen molar-refractivity contribution in [3.05, 3.63) is 56.7 Å². The molecule has 0 bridgehead atoms. The SMILES string of the molecule is CSc1nnc(C)n1/N=C/c1ccc(COc2c(Cl)cc(Cl)cc2Cl)o1. The summed E-state index contributed by atoms with van der Waals surface area (Å²) >= 11 is 19.5. The maximum atomic E-state index is 6.09. The molecule has 0 saturated carbocycles. The zero-order chi connectivity index (χ0) is 18.7. The van der Waals surface area contributed by atoms with Gasteiger partial charge in [-0.3, -0.25) is 0 Å². The summed E-state index contributed by atoms with van der Waals surface area (Å²) < 4.78 is 12.9. The van der Waals surface area contributed by atoms with Crippen LogP contribution >= 0.6 is 46.6 Å². The number of furan rings is 1. The summed E-state index contributed by atoms with van der Waals surface area (Å²) in [5, 5.41) is 14.1. The topological polar surface area (TPSA) is 65.4 Å². The van der Waals surface area contributed by atoms with Gasteiger partial charge < -0.3 is 9.15 Å². The largest absolute Gasteiger partial charge is 0.483 e. The van der Waals surface area contributed by atoms with E-state index < -0.39 is 0 Å². The first-order chi connectivity index (χ1) is 12.5. The molecular weight excluding hydrogens is 419 g/mol. The van der Waals surface area contributed by atoms with E-state index in [2.05, 4.69) is 15.3 Å². The zero-order valence-corrected chi connectivity index (χ0v) is 16.8. The highest BCUT2D eigenvalue weighted by Gasteiger charge is 2.11. The van der Waals surface area contributed by atoms with Crippen molar-refractivity contribution in [3.8, 4) is 5.75 Å². The van der Waals surface area contributed by atoms with Crippen LogP contribution in [0.5, 0.6) is 5.75 Å². The molecule has 0 fully saturated rings. The molecule has 0 aliphatic carbocycles. The zero-order valence-electron chi connectivity index (χ0n) is 13.7. The minimum atomic E-state index is 0.163. The maximum Gasteiger partial charge on any atom is 0.211 e. The highest BCUT2D eigenvalue weighted by atomic mass is 35.5. The third-order valence-corrected chi connectivity index (χ3v) is 4.65. The molecule has 0 unspecified atom stereocenters. The third kappa shape index (κ3) is 4.35. The Bertz CT molecular complexity index is 932. The van der Waals surface area contributed by atoms with Gasteiger partial charge in [-0.2, -0.15) is 9.78 Å². The van der Waals surface area contributed by atoms with E-state index in [1.807, 2.05) is 13.2 Å². The monoisotopic (exact) mass is 430 g/mol. The van der Waals surface area contributed by atoms with E-state index in [-0.39, 0.29) is 6.61 Å². The Kier molecular flexibility index (Phi) is 6.13. The molecule has 26 heavy (non-hydrogen) atoms. The van der Waals surface area contributed by atoms with Crippen molar-refractivity contribution in [2.45, 2.75) is 18.7 Å². The molecule has 0 aliphatic heterocycles. The number of thioether (sulfide) groups is 1. The van der Waals surface area contributed by atoms with E-state index in [0.717, 1.165) is 0 Å². The molecule has 2 heterocycles. The lowest BCUT2D eigenvalue weighted by Crippen LogP contribution is -1.96. The quantitative estimate of drug-likeness (QED) is 0.390. The number of hydrogen-bond acceptors (Lipinski definition) is 6. The van der Waals surface area contributed by atoms with Crippen LogP contribution in [0.2, 0.25) is 15.1 Å². The number of rotatable bonds is 6. The molecule has 0 aliphatic rings. The molecule has 136 valence electrons. The summed E-state index contributed by atoms with van der Waals surface area (Å²) in [4.78, 5) is 0.